The van der Waals surface area contributed by atoms with Crippen LogP contribution >= 0.6 is 15.9 Å². The molecule has 1 unspecified atom stereocenters. The monoisotopic (exact) mass is 298 g/mol. The number of halogens is 1. The number of anilines is 1. The van der Waals surface area contributed by atoms with Crippen LogP contribution in [0.2, 0.25) is 0 Å². The van der Waals surface area contributed by atoms with Gasteiger partial charge in [0.2, 0.25) is 0 Å². The fourth-order valence-corrected chi connectivity index (χ4v) is 2.60. The van der Waals surface area contributed by atoms with E-state index in [4.69, 9.17) is 4.74 Å². The Morgan fingerprint density at radius 2 is 2.18 bits per heavy atom. The van der Waals surface area contributed by atoms with Gasteiger partial charge < -0.3 is 10.1 Å². The van der Waals surface area contributed by atoms with Crippen LogP contribution in [0.1, 0.15) is 33.6 Å². The lowest BCUT2D eigenvalue weighted by molar-refractivity contribution is -0.144. The first-order valence-electron chi connectivity index (χ1n) is 5.91. The minimum Gasteiger partial charge on any atom is -0.356 e. The van der Waals surface area contributed by atoms with E-state index in [0.717, 1.165) is 29.6 Å². The third-order valence-electron chi connectivity index (χ3n) is 2.78. The maximum absolute atomic E-state index is 5.78. The molecule has 17 heavy (non-hydrogen) atoms. The third kappa shape index (κ3) is 3.42. The highest BCUT2D eigenvalue weighted by atomic mass is 79.9. The lowest BCUT2D eigenvalue weighted by atomic mass is 9.82. The molecule has 1 fully saturated rings. The average Bonchev–Trinajstić information content (AvgIpc) is 2.12. The molecular weight excluding hydrogens is 280 g/mol. The smallest absolute Gasteiger partial charge is 0.141 e. The zero-order valence-corrected chi connectivity index (χ0v) is 12.2. The molecule has 1 N–H and O–H groups in total. The Morgan fingerprint density at radius 1 is 1.47 bits per heavy atom. The summed E-state index contributed by atoms with van der Waals surface area (Å²) in [4.78, 5) is 4.16. The van der Waals surface area contributed by atoms with Gasteiger partial charge >= 0.3 is 0 Å². The molecule has 4 heteroatoms. The summed E-state index contributed by atoms with van der Waals surface area (Å²) in [5.41, 5.74) is 1.04. The molecule has 0 aromatic carbocycles. The summed E-state index contributed by atoms with van der Waals surface area (Å²) in [5, 5.41) is 3.47. The van der Waals surface area contributed by atoms with Gasteiger partial charge in [0.25, 0.3) is 0 Å². The second-order valence-corrected chi connectivity index (χ2v) is 6.76. The van der Waals surface area contributed by atoms with E-state index in [0.29, 0.717) is 0 Å². The van der Waals surface area contributed by atoms with Crippen LogP contribution in [-0.4, -0.2) is 17.3 Å². The highest BCUT2D eigenvalue weighted by Crippen LogP contribution is 2.38. The Hall–Kier alpha value is -0.610. The molecule has 1 aromatic heterocycles. The van der Waals surface area contributed by atoms with Gasteiger partial charge in [-0.15, -0.1) is 0 Å². The van der Waals surface area contributed by atoms with Crippen LogP contribution in [-0.2, 0) is 4.74 Å². The maximum Gasteiger partial charge on any atom is 0.141 e. The van der Waals surface area contributed by atoms with Crippen molar-refractivity contribution in [2.75, 3.05) is 11.9 Å². The number of hydrogen-bond donors (Lipinski definition) is 1. The number of ether oxygens (including phenoxy) is 1. The number of rotatable bonds is 3. The Balaban J connectivity index is 2.09. The molecule has 94 valence electrons. The second-order valence-electron chi connectivity index (χ2n) is 5.85. The molecule has 1 aliphatic heterocycles. The predicted octanol–water partition coefficient (Wildman–Crippen LogP) is 3.81. The van der Waals surface area contributed by atoms with Gasteiger partial charge in [-0.2, -0.15) is 0 Å². The Bertz CT molecular complexity index is 397. The molecule has 3 nitrogen and oxygen atoms in total. The lowest BCUT2D eigenvalue weighted by Gasteiger charge is -2.46. The number of pyridine rings is 1. The van der Waals surface area contributed by atoms with Gasteiger partial charge in [-0.3, -0.25) is 4.98 Å². The van der Waals surface area contributed by atoms with Gasteiger partial charge in [0.1, 0.15) is 5.72 Å². The summed E-state index contributed by atoms with van der Waals surface area (Å²) < 4.78 is 6.76. The minimum absolute atomic E-state index is 0.208. The van der Waals surface area contributed by atoms with Crippen molar-refractivity contribution in [1.82, 2.24) is 4.98 Å². The topological polar surface area (TPSA) is 34.2 Å². The van der Waals surface area contributed by atoms with Crippen molar-refractivity contribution >= 4 is 21.6 Å². The van der Waals surface area contributed by atoms with Crippen molar-refractivity contribution in [3.63, 3.8) is 0 Å². The lowest BCUT2D eigenvalue weighted by Crippen LogP contribution is -2.52. The Labute approximate surface area is 111 Å². The third-order valence-corrected chi connectivity index (χ3v) is 3.21. The fourth-order valence-electron chi connectivity index (χ4n) is 2.23. The van der Waals surface area contributed by atoms with Crippen molar-refractivity contribution < 1.29 is 4.74 Å². The molecule has 1 aromatic rings. The van der Waals surface area contributed by atoms with Gasteiger partial charge in [0.05, 0.1) is 18.5 Å². The normalized spacial score (nSPS) is 24.2. The maximum atomic E-state index is 5.78. The van der Waals surface area contributed by atoms with Gasteiger partial charge in [-0.05, 0) is 27.4 Å². The molecule has 1 atom stereocenters. The molecule has 0 amide bonds. The van der Waals surface area contributed by atoms with E-state index >= 15 is 0 Å². The van der Waals surface area contributed by atoms with E-state index in [1.807, 2.05) is 12.3 Å². The summed E-state index contributed by atoms with van der Waals surface area (Å²) in [6, 6.07) is 2.03. The number of nitrogens with one attached hydrogen (secondary N) is 1. The molecule has 0 aliphatic carbocycles. The van der Waals surface area contributed by atoms with E-state index in [-0.39, 0.29) is 11.1 Å². The van der Waals surface area contributed by atoms with Crippen LogP contribution in [0.25, 0.3) is 0 Å². The molecule has 1 aliphatic rings. The molecule has 0 bridgehead atoms. The average molecular weight is 299 g/mol. The van der Waals surface area contributed by atoms with Gasteiger partial charge in [-0.25, -0.2) is 0 Å². The first kappa shape index (κ1) is 12.8. The molecule has 0 spiro atoms. The Morgan fingerprint density at radius 3 is 2.65 bits per heavy atom. The van der Waals surface area contributed by atoms with E-state index < -0.39 is 0 Å². The van der Waals surface area contributed by atoms with E-state index in [1.54, 1.807) is 6.20 Å². The zero-order valence-electron chi connectivity index (χ0n) is 10.6. The largest absolute Gasteiger partial charge is 0.356 e. The molecule has 0 radical (unpaired) electrons. The van der Waals surface area contributed by atoms with Crippen LogP contribution in [0, 0.1) is 5.41 Å². The van der Waals surface area contributed by atoms with E-state index in [1.165, 1.54) is 0 Å². The van der Waals surface area contributed by atoms with Crippen LogP contribution in [0.5, 0.6) is 0 Å². The van der Waals surface area contributed by atoms with Crippen molar-refractivity contribution in [3.8, 4) is 0 Å². The SMILES string of the molecule is CC(C)(C)CC1(Nc2cncc(Br)c2)CCO1. The summed E-state index contributed by atoms with van der Waals surface area (Å²) in [7, 11) is 0. The van der Waals surface area contributed by atoms with Crippen molar-refractivity contribution in [2.24, 2.45) is 5.41 Å². The van der Waals surface area contributed by atoms with Crippen molar-refractivity contribution in [3.05, 3.63) is 22.9 Å². The van der Waals surface area contributed by atoms with Gasteiger partial charge in [-0.1, -0.05) is 20.8 Å². The molecular formula is C13H19BrN2O. The van der Waals surface area contributed by atoms with Gasteiger partial charge in [0, 0.05) is 23.5 Å². The Kier molecular flexibility index (Phi) is 3.46. The van der Waals surface area contributed by atoms with Crippen LogP contribution in [0.4, 0.5) is 5.69 Å². The molecule has 2 rings (SSSR count). The van der Waals surface area contributed by atoms with Crippen molar-refractivity contribution in [1.29, 1.82) is 0 Å². The quantitative estimate of drug-likeness (QED) is 0.921. The molecule has 1 saturated heterocycles. The molecule has 2 heterocycles. The number of aromatic nitrogens is 1. The van der Waals surface area contributed by atoms with Crippen LogP contribution in [0.3, 0.4) is 0 Å². The summed E-state index contributed by atoms with van der Waals surface area (Å²) in [6.07, 6.45) is 5.66. The second kappa shape index (κ2) is 4.58. The standard InChI is InChI=1S/C13H19BrN2O/c1-12(2,3)9-13(4-5-17-13)16-11-6-10(14)7-15-8-11/h6-8,16H,4-5,9H2,1-3H3. The first-order valence-corrected chi connectivity index (χ1v) is 6.71. The van der Waals surface area contributed by atoms with E-state index in [2.05, 4.69) is 47.0 Å². The summed E-state index contributed by atoms with van der Waals surface area (Å²) in [5.74, 6) is 0. The minimum atomic E-state index is -0.208. The summed E-state index contributed by atoms with van der Waals surface area (Å²) >= 11 is 3.43. The number of nitrogens with zero attached hydrogens (tertiary/aromatic N) is 1. The number of hydrogen-bond acceptors (Lipinski definition) is 3. The van der Waals surface area contributed by atoms with Crippen LogP contribution < -0.4 is 5.32 Å². The zero-order chi connectivity index (χ0) is 12.5. The van der Waals surface area contributed by atoms with Crippen molar-refractivity contribution in [2.45, 2.75) is 39.3 Å². The first-order chi connectivity index (χ1) is 7.89. The van der Waals surface area contributed by atoms with E-state index in [9.17, 15) is 0 Å². The fraction of sp³-hybridized carbons (Fsp3) is 0.615. The highest BCUT2D eigenvalue weighted by Gasteiger charge is 2.41. The van der Waals surface area contributed by atoms with Crippen LogP contribution in [0.15, 0.2) is 22.9 Å². The predicted molar refractivity (Wildman–Crippen MR) is 72.9 cm³/mol. The summed E-state index contributed by atoms with van der Waals surface area (Å²) in [6.45, 7) is 7.54. The molecule has 0 saturated carbocycles. The highest BCUT2D eigenvalue weighted by molar-refractivity contribution is 9.10. The van der Waals surface area contributed by atoms with Gasteiger partial charge in [0.15, 0.2) is 0 Å².